The minimum Gasteiger partial charge on any atom is -0.348 e. The van der Waals surface area contributed by atoms with E-state index >= 15 is 0 Å². The number of fused-ring (bicyclic) bond motifs is 1. The summed E-state index contributed by atoms with van der Waals surface area (Å²) >= 11 is 5.96. The quantitative estimate of drug-likeness (QED) is 0.798. The molecule has 0 saturated carbocycles. The SMILES string of the molecule is C[C@@H](NC(=O)CN(c1cccc(Cl)c1)S(C)(=O)=O)c1ccc2c(c1)CCC2. The Labute approximate surface area is 165 Å². The van der Waals surface area contributed by atoms with Crippen molar-refractivity contribution in [2.24, 2.45) is 0 Å². The minimum absolute atomic E-state index is 0.204. The van der Waals surface area contributed by atoms with Crippen molar-refractivity contribution in [2.75, 3.05) is 17.1 Å². The highest BCUT2D eigenvalue weighted by Gasteiger charge is 2.22. The van der Waals surface area contributed by atoms with Crippen molar-refractivity contribution in [1.82, 2.24) is 5.32 Å². The van der Waals surface area contributed by atoms with Crippen LogP contribution in [0.4, 0.5) is 5.69 Å². The maximum Gasteiger partial charge on any atom is 0.241 e. The number of hydrogen-bond acceptors (Lipinski definition) is 3. The van der Waals surface area contributed by atoms with Crippen LogP contribution in [-0.4, -0.2) is 27.1 Å². The van der Waals surface area contributed by atoms with E-state index in [0.717, 1.165) is 29.0 Å². The Bertz CT molecular complexity index is 959. The Morgan fingerprint density at radius 1 is 1.19 bits per heavy atom. The Morgan fingerprint density at radius 2 is 1.93 bits per heavy atom. The lowest BCUT2D eigenvalue weighted by molar-refractivity contribution is -0.120. The van der Waals surface area contributed by atoms with Crippen LogP contribution in [0.25, 0.3) is 0 Å². The molecule has 0 radical (unpaired) electrons. The average molecular weight is 407 g/mol. The molecule has 1 amide bonds. The summed E-state index contributed by atoms with van der Waals surface area (Å²) in [4.78, 5) is 12.5. The maximum atomic E-state index is 12.5. The standard InChI is InChI=1S/C20H23ClN2O3S/c1-14(16-10-9-15-5-3-6-17(15)11-16)22-20(24)13-23(27(2,25)26)19-8-4-7-18(21)12-19/h4,7-12,14H,3,5-6,13H2,1-2H3,(H,22,24)/t14-/m1/s1. The highest BCUT2D eigenvalue weighted by Crippen LogP contribution is 2.26. The first-order valence-corrected chi connectivity index (χ1v) is 11.1. The number of benzene rings is 2. The van der Waals surface area contributed by atoms with E-state index in [1.165, 1.54) is 23.6 Å². The third-order valence-electron chi connectivity index (χ3n) is 4.78. The molecule has 1 atom stereocenters. The van der Waals surface area contributed by atoms with Gasteiger partial charge in [0.1, 0.15) is 6.54 Å². The van der Waals surface area contributed by atoms with Crippen LogP contribution in [0.5, 0.6) is 0 Å². The molecule has 0 aliphatic heterocycles. The van der Waals surface area contributed by atoms with E-state index in [2.05, 4.69) is 17.4 Å². The van der Waals surface area contributed by atoms with Crippen LogP contribution < -0.4 is 9.62 Å². The lowest BCUT2D eigenvalue weighted by Gasteiger charge is -2.23. The summed E-state index contributed by atoms with van der Waals surface area (Å²) in [5.74, 6) is -0.367. The number of rotatable bonds is 6. The van der Waals surface area contributed by atoms with Crippen LogP contribution in [-0.2, 0) is 27.7 Å². The van der Waals surface area contributed by atoms with Gasteiger partial charge in [0.2, 0.25) is 15.9 Å². The zero-order valence-corrected chi connectivity index (χ0v) is 17.0. The normalized spacial score (nSPS) is 14.5. The number of nitrogens with zero attached hydrogens (tertiary/aromatic N) is 1. The van der Waals surface area contributed by atoms with Gasteiger partial charge in [0.25, 0.3) is 0 Å². The van der Waals surface area contributed by atoms with E-state index in [4.69, 9.17) is 11.6 Å². The molecule has 0 unspecified atom stereocenters. The monoisotopic (exact) mass is 406 g/mol. The smallest absolute Gasteiger partial charge is 0.241 e. The van der Waals surface area contributed by atoms with Crippen molar-refractivity contribution in [2.45, 2.75) is 32.2 Å². The van der Waals surface area contributed by atoms with Crippen molar-refractivity contribution in [1.29, 1.82) is 0 Å². The Balaban J connectivity index is 1.72. The van der Waals surface area contributed by atoms with Gasteiger partial charge in [0.15, 0.2) is 0 Å². The molecule has 0 aromatic heterocycles. The van der Waals surface area contributed by atoms with Gasteiger partial charge in [-0.15, -0.1) is 0 Å². The summed E-state index contributed by atoms with van der Waals surface area (Å²) in [5, 5.41) is 3.31. The van der Waals surface area contributed by atoms with Gasteiger partial charge in [-0.1, -0.05) is 35.9 Å². The molecule has 27 heavy (non-hydrogen) atoms. The largest absolute Gasteiger partial charge is 0.348 e. The molecule has 0 fully saturated rings. The number of halogens is 1. The van der Waals surface area contributed by atoms with Crippen LogP contribution in [0.1, 0.15) is 36.1 Å². The number of nitrogens with one attached hydrogen (secondary N) is 1. The molecule has 2 aromatic rings. The second-order valence-corrected chi connectivity index (χ2v) is 9.26. The maximum absolute atomic E-state index is 12.5. The predicted molar refractivity (Wildman–Crippen MR) is 109 cm³/mol. The number of carbonyl (C=O) groups is 1. The number of anilines is 1. The van der Waals surface area contributed by atoms with Crippen molar-refractivity contribution >= 4 is 33.2 Å². The second kappa shape index (κ2) is 7.90. The van der Waals surface area contributed by atoms with Crippen LogP contribution in [0, 0.1) is 0 Å². The van der Waals surface area contributed by atoms with Crippen LogP contribution in [0.2, 0.25) is 5.02 Å². The minimum atomic E-state index is -3.62. The third kappa shape index (κ3) is 4.82. The van der Waals surface area contributed by atoms with Gasteiger partial charge in [0.05, 0.1) is 18.0 Å². The summed E-state index contributed by atoms with van der Waals surface area (Å²) in [5.41, 5.74) is 4.11. The lowest BCUT2D eigenvalue weighted by atomic mass is 10.0. The number of sulfonamides is 1. The van der Waals surface area contributed by atoms with Gasteiger partial charge in [-0.25, -0.2) is 8.42 Å². The number of amides is 1. The van der Waals surface area contributed by atoms with Crippen LogP contribution in [0.3, 0.4) is 0 Å². The molecule has 0 saturated heterocycles. The molecule has 1 aliphatic carbocycles. The van der Waals surface area contributed by atoms with Gasteiger partial charge in [-0.3, -0.25) is 9.10 Å². The average Bonchev–Trinajstić information content (AvgIpc) is 3.06. The van der Waals surface area contributed by atoms with E-state index in [9.17, 15) is 13.2 Å². The Hall–Kier alpha value is -2.05. The summed E-state index contributed by atoms with van der Waals surface area (Å²) in [7, 11) is -3.62. The van der Waals surface area contributed by atoms with Crippen molar-refractivity contribution in [3.05, 3.63) is 64.2 Å². The van der Waals surface area contributed by atoms with Gasteiger partial charge in [-0.2, -0.15) is 0 Å². The molecule has 1 aliphatic rings. The molecule has 0 bridgehead atoms. The third-order valence-corrected chi connectivity index (χ3v) is 6.16. The van der Waals surface area contributed by atoms with E-state index in [1.807, 2.05) is 13.0 Å². The molecule has 5 nitrogen and oxygen atoms in total. The molecule has 7 heteroatoms. The summed E-state index contributed by atoms with van der Waals surface area (Å²) in [6.45, 7) is 1.60. The van der Waals surface area contributed by atoms with Gasteiger partial charge < -0.3 is 5.32 Å². The van der Waals surface area contributed by atoms with Crippen molar-refractivity contribution in [3.63, 3.8) is 0 Å². The molecule has 0 spiro atoms. The molecular weight excluding hydrogens is 384 g/mol. The number of carbonyl (C=O) groups excluding carboxylic acids is 1. The Kier molecular flexibility index (Phi) is 5.77. The van der Waals surface area contributed by atoms with E-state index in [1.54, 1.807) is 18.2 Å². The van der Waals surface area contributed by atoms with Crippen molar-refractivity contribution < 1.29 is 13.2 Å². The molecular formula is C20H23ClN2O3S. The fourth-order valence-electron chi connectivity index (χ4n) is 3.39. The zero-order chi connectivity index (χ0) is 19.6. The second-order valence-electron chi connectivity index (χ2n) is 6.92. The van der Waals surface area contributed by atoms with Gasteiger partial charge in [0, 0.05) is 5.02 Å². The molecule has 3 rings (SSSR count). The summed E-state index contributed by atoms with van der Waals surface area (Å²) in [6.07, 6.45) is 4.42. The van der Waals surface area contributed by atoms with Gasteiger partial charge in [-0.05, 0) is 61.1 Å². The first kappa shape index (κ1) is 19.7. The van der Waals surface area contributed by atoms with E-state index < -0.39 is 10.0 Å². The Morgan fingerprint density at radius 3 is 2.63 bits per heavy atom. The molecule has 144 valence electrons. The fraction of sp³-hybridized carbons (Fsp3) is 0.350. The summed E-state index contributed by atoms with van der Waals surface area (Å²) < 4.78 is 25.4. The van der Waals surface area contributed by atoms with Crippen LogP contribution >= 0.6 is 11.6 Å². The van der Waals surface area contributed by atoms with E-state index in [0.29, 0.717) is 10.7 Å². The van der Waals surface area contributed by atoms with Crippen LogP contribution in [0.15, 0.2) is 42.5 Å². The summed E-state index contributed by atoms with van der Waals surface area (Å²) in [6, 6.07) is 12.5. The highest BCUT2D eigenvalue weighted by molar-refractivity contribution is 7.92. The lowest BCUT2D eigenvalue weighted by Crippen LogP contribution is -2.41. The topological polar surface area (TPSA) is 66.5 Å². The van der Waals surface area contributed by atoms with Gasteiger partial charge >= 0.3 is 0 Å². The highest BCUT2D eigenvalue weighted by atomic mass is 35.5. The number of aryl methyl sites for hydroxylation is 2. The molecule has 0 heterocycles. The first-order chi connectivity index (χ1) is 12.7. The number of hydrogen-bond donors (Lipinski definition) is 1. The van der Waals surface area contributed by atoms with E-state index in [-0.39, 0.29) is 18.5 Å². The predicted octanol–water partition coefficient (Wildman–Crippen LogP) is 3.47. The fourth-order valence-corrected chi connectivity index (χ4v) is 4.43. The first-order valence-electron chi connectivity index (χ1n) is 8.88. The van der Waals surface area contributed by atoms with Crippen molar-refractivity contribution in [3.8, 4) is 0 Å². The molecule has 1 N–H and O–H groups in total. The zero-order valence-electron chi connectivity index (χ0n) is 15.4. The molecule has 2 aromatic carbocycles.